The molecule has 0 atom stereocenters. The van der Waals surface area contributed by atoms with Gasteiger partial charge in [-0.15, -0.1) is 12.4 Å². The topological polar surface area (TPSA) is 64.3 Å². The smallest absolute Gasteiger partial charge is 0.220 e. The van der Waals surface area contributed by atoms with Gasteiger partial charge in [-0.3, -0.25) is 4.79 Å². The number of anilines is 1. The van der Waals surface area contributed by atoms with Crippen LogP contribution in [0.15, 0.2) is 48.5 Å². The molecule has 0 heterocycles. The van der Waals surface area contributed by atoms with Gasteiger partial charge in [0.1, 0.15) is 5.75 Å². The zero-order valence-corrected chi connectivity index (χ0v) is 15.6. The third-order valence-electron chi connectivity index (χ3n) is 3.65. The lowest BCUT2D eigenvalue weighted by atomic mass is 10.1. The Kier molecular flexibility index (Phi) is 8.86. The standard InChI is InChI=1S/C20H26N2O2.ClH/c1-15(2)14-24-18-8-5-6-16(12-18)13-22-20(23)11-10-17-7-3-4-9-19(17)21;/h3-9,12,15H,10-11,13-14,21H2,1-2H3,(H,22,23);1H. The monoisotopic (exact) mass is 362 g/mol. The summed E-state index contributed by atoms with van der Waals surface area (Å²) in [5.41, 5.74) is 8.67. The molecule has 136 valence electrons. The first-order valence-electron chi connectivity index (χ1n) is 8.36. The zero-order valence-electron chi connectivity index (χ0n) is 14.8. The Bertz CT molecular complexity index is 674. The maximum absolute atomic E-state index is 12.0. The average molecular weight is 363 g/mol. The molecule has 0 aromatic heterocycles. The molecule has 0 aliphatic rings. The Hall–Kier alpha value is -2.20. The maximum atomic E-state index is 12.0. The van der Waals surface area contributed by atoms with Crippen LogP contribution in [-0.4, -0.2) is 12.5 Å². The normalized spacial score (nSPS) is 10.2. The second-order valence-electron chi connectivity index (χ2n) is 6.33. The summed E-state index contributed by atoms with van der Waals surface area (Å²) in [5, 5.41) is 2.95. The highest BCUT2D eigenvalue weighted by Crippen LogP contribution is 2.15. The molecule has 4 nitrogen and oxygen atoms in total. The molecule has 25 heavy (non-hydrogen) atoms. The third kappa shape index (κ3) is 7.48. The van der Waals surface area contributed by atoms with Gasteiger partial charge in [0.25, 0.3) is 0 Å². The van der Waals surface area contributed by atoms with Crippen LogP contribution in [0.1, 0.15) is 31.4 Å². The van der Waals surface area contributed by atoms with E-state index in [1.807, 2.05) is 48.5 Å². The van der Waals surface area contributed by atoms with E-state index in [1.165, 1.54) is 0 Å². The van der Waals surface area contributed by atoms with Crippen molar-refractivity contribution in [3.63, 3.8) is 0 Å². The van der Waals surface area contributed by atoms with Gasteiger partial charge in [-0.25, -0.2) is 0 Å². The fourth-order valence-corrected chi connectivity index (χ4v) is 2.31. The van der Waals surface area contributed by atoms with Gasteiger partial charge in [-0.1, -0.05) is 44.2 Å². The van der Waals surface area contributed by atoms with Crippen LogP contribution in [0.25, 0.3) is 0 Å². The Morgan fingerprint density at radius 3 is 2.64 bits per heavy atom. The van der Waals surface area contributed by atoms with Crippen molar-refractivity contribution in [1.82, 2.24) is 5.32 Å². The van der Waals surface area contributed by atoms with Crippen LogP contribution in [0.2, 0.25) is 0 Å². The van der Waals surface area contributed by atoms with E-state index in [9.17, 15) is 4.79 Å². The summed E-state index contributed by atoms with van der Waals surface area (Å²) in [6.07, 6.45) is 1.08. The lowest BCUT2D eigenvalue weighted by Gasteiger charge is -2.11. The molecule has 0 unspecified atom stereocenters. The van der Waals surface area contributed by atoms with E-state index in [2.05, 4.69) is 19.2 Å². The highest BCUT2D eigenvalue weighted by molar-refractivity contribution is 5.85. The van der Waals surface area contributed by atoms with Crippen LogP contribution < -0.4 is 15.8 Å². The molecule has 2 rings (SSSR count). The van der Waals surface area contributed by atoms with Gasteiger partial charge < -0.3 is 15.8 Å². The number of nitrogens with one attached hydrogen (secondary N) is 1. The summed E-state index contributed by atoms with van der Waals surface area (Å²) in [7, 11) is 0. The summed E-state index contributed by atoms with van der Waals surface area (Å²) in [5.74, 6) is 1.35. The Balaban J connectivity index is 0.00000312. The zero-order chi connectivity index (χ0) is 17.4. The highest BCUT2D eigenvalue weighted by Gasteiger charge is 2.05. The van der Waals surface area contributed by atoms with Crippen LogP contribution in [0.4, 0.5) is 5.69 Å². The van der Waals surface area contributed by atoms with E-state index in [4.69, 9.17) is 10.5 Å². The lowest BCUT2D eigenvalue weighted by Crippen LogP contribution is -2.23. The molecule has 3 N–H and O–H groups in total. The van der Waals surface area contributed by atoms with Gasteiger partial charge in [-0.05, 0) is 41.7 Å². The number of carbonyl (C=O) groups excluding carboxylic acids is 1. The number of hydrogen-bond acceptors (Lipinski definition) is 3. The first kappa shape index (κ1) is 20.8. The predicted molar refractivity (Wildman–Crippen MR) is 105 cm³/mol. The molecule has 0 saturated carbocycles. The van der Waals surface area contributed by atoms with Crippen molar-refractivity contribution in [3.05, 3.63) is 59.7 Å². The molecule has 0 bridgehead atoms. The molecule has 0 radical (unpaired) electrons. The van der Waals surface area contributed by atoms with Gasteiger partial charge in [0.05, 0.1) is 6.61 Å². The van der Waals surface area contributed by atoms with Crippen molar-refractivity contribution in [2.24, 2.45) is 5.92 Å². The molecular formula is C20H27ClN2O2. The lowest BCUT2D eigenvalue weighted by molar-refractivity contribution is -0.121. The van der Waals surface area contributed by atoms with Gasteiger partial charge in [0.2, 0.25) is 5.91 Å². The van der Waals surface area contributed by atoms with E-state index in [-0.39, 0.29) is 18.3 Å². The van der Waals surface area contributed by atoms with Crippen molar-refractivity contribution in [2.45, 2.75) is 33.2 Å². The minimum absolute atomic E-state index is 0. The quantitative estimate of drug-likeness (QED) is 0.698. The number of para-hydroxylation sites is 1. The van der Waals surface area contributed by atoms with E-state index < -0.39 is 0 Å². The van der Waals surface area contributed by atoms with Crippen LogP contribution in [-0.2, 0) is 17.8 Å². The minimum Gasteiger partial charge on any atom is -0.493 e. The number of halogens is 1. The number of carbonyl (C=O) groups is 1. The van der Waals surface area contributed by atoms with Gasteiger partial charge in [-0.2, -0.15) is 0 Å². The van der Waals surface area contributed by atoms with Crippen molar-refractivity contribution in [3.8, 4) is 5.75 Å². The number of benzene rings is 2. The number of rotatable bonds is 8. The van der Waals surface area contributed by atoms with Crippen LogP contribution in [0, 0.1) is 5.92 Å². The molecule has 0 saturated heterocycles. The first-order chi connectivity index (χ1) is 11.5. The van der Waals surface area contributed by atoms with Gasteiger partial charge in [0, 0.05) is 18.7 Å². The number of aryl methyl sites for hydroxylation is 1. The fourth-order valence-electron chi connectivity index (χ4n) is 2.31. The number of hydrogen-bond donors (Lipinski definition) is 2. The maximum Gasteiger partial charge on any atom is 0.220 e. The highest BCUT2D eigenvalue weighted by atomic mass is 35.5. The molecular weight excluding hydrogens is 336 g/mol. The van der Waals surface area contributed by atoms with E-state index in [1.54, 1.807) is 0 Å². The third-order valence-corrected chi connectivity index (χ3v) is 3.65. The largest absolute Gasteiger partial charge is 0.493 e. The molecule has 0 spiro atoms. The Labute approximate surface area is 156 Å². The van der Waals surface area contributed by atoms with Crippen LogP contribution in [0.3, 0.4) is 0 Å². The Morgan fingerprint density at radius 2 is 1.92 bits per heavy atom. The molecule has 0 aliphatic carbocycles. The summed E-state index contributed by atoms with van der Waals surface area (Å²) in [6.45, 7) is 5.42. The SMILES string of the molecule is CC(C)COc1cccc(CNC(=O)CCc2ccccc2N)c1.Cl. The average Bonchev–Trinajstić information content (AvgIpc) is 2.58. The Morgan fingerprint density at radius 1 is 1.16 bits per heavy atom. The van der Waals surface area contributed by atoms with Crippen molar-refractivity contribution >= 4 is 24.0 Å². The summed E-state index contributed by atoms with van der Waals surface area (Å²) >= 11 is 0. The second kappa shape index (κ2) is 10.6. The molecule has 2 aromatic rings. The van der Waals surface area contributed by atoms with Gasteiger partial charge in [0.15, 0.2) is 0 Å². The number of amides is 1. The summed E-state index contributed by atoms with van der Waals surface area (Å²) in [4.78, 5) is 12.0. The van der Waals surface area contributed by atoms with Crippen molar-refractivity contribution < 1.29 is 9.53 Å². The van der Waals surface area contributed by atoms with E-state index in [0.717, 1.165) is 22.6 Å². The van der Waals surface area contributed by atoms with Crippen molar-refractivity contribution in [2.75, 3.05) is 12.3 Å². The minimum atomic E-state index is 0. The molecule has 5 heteroatoms. The van der Waals surface area contributed by atoms with Gasteiger partial charge >= 0.3 is 0 Å². The van der Waals surface area contributed by atoms with Crippen molar-refractivity contribution in [1.29, 1.82) is 0 Å². The fraction of sp³-hybridized carbons (Fsp3) is 0.350. The molecule has 1 amide bonds. The van der Waals surface area contributed by atoms with Crippen LogP contribution in [0.5, 0.6) is 5.75 Å². The van der Waals surface area contributed by atoms with Crippen LogP contribution >= 0.6 is 12.4 Å². The number of nitrogen functional groups attached to an aromatic ring is 1. The number of nitrogens with two attached hydrogens (primary N) is 1. The summed E-state index contributed by atoms with van der Waals surface area (Å²) < 4.78 is 5.71. The van der Waals surface area contributed by atoms with E-state index >= 15 is 0 Å². The van der Waals surface area contributed by atoms with E-state index in [0.29, 0.717) is 31.9 Å². The molecule has 2 aromatic carbocycles. The number of ether oxygens (including phenoxy) is 1. The second-order valence-corrected chi connectivity index (χ2v) is 6.33. The molecule has 0 fully saturated rings. The summed E-state index contributed by atoms with van der Waals surface area (Å²) in [6, 6.07) is 15.5. The predicted octanol–water partition coefficient (Wildman–Crippen LogP) is 3.97. The molecule has 0 aliphatic heterocycles. The first-order valence-corrected chi connectivity index (χ1v) is 8.36.